The zero-order valence-corrected chi connectivity index (χ0v) is 19.3. The summed E-state index contributed by atoms with van der Waals surface area (Å²) in [6.45, 7) is 4.82. The zero-order chi connectivity index (χ0) is 23.8. The first-order chi connectivity index (χ1) is 16.5. The first kappa shape index (κ1) is 21.8. The maximum absolute atomic E-state index is 12.5. The van der Waals surface area contributed by atoms with Crippen molar-refractivity contribution in [2.75, 3.05) is 17.7 Å². The summed E-state index contributed by atoms with van der Waals surface area (Å²) in [6, 6.07) is 11.6. The molecule has 4 N–H and O–H groups in total. The van der Waals surface area contributed by atoms with Crippen LogP contribution in [0.25, 0.3) is 10.9 Å². The van der Waals surface area contributed by atoms with Crippen molar-refractivity contribution in [3.8, 4) is 0 Å². The Balaban J connectivity index is 1.51. The van der Waals surface area contributed by atoms with Crippen molar-refractivity contribution >= 4 is 34.3 Å². The largest absolute Gasteiger partial charge is 0.390 e. The number of aliphatic hydroxyl groups excluding tert-OH is 1. The van der Waals surface area contributed by atoms with E-state index in [0.717, 1.165) is 39.8 Å². The van der Waals surface area contributed by atoms with Gasteiger partial charge in [-0.1, -0.05) is 24.3 Å². The van der Waals surface area contributed by atoms with Gasteiger partial charge in [-0.3, -0.25) is 9.48 Å². The summed E-state index contributed by atoms with van der Waals surface area (Å²) in [5.41, 5.74) is 5.28. The molecule has 4 aromatic rings. The molecule has 0 fully saturated rings. The van der Waals surface area contributed by atoms with Crippen LogP contribution in [0.5, 0.6) is 0 Å². The summed E-state index contributed by atoms with van der Waals surface area (Å²) in [7, 11) is 1.56. The Labute approximate surface area is 197 Å². The van der Waals surface area contributed by atoms with E-state index in [9.17, 15) is 9.90 Å². The molecule has 1 aliphatic rings. The van der Waals surface area contributed by atoms with Crippen LogP contribution in [0.15, 0.2) is 48.8 Å². The highest BCUT2D eigenvalue weighted by Crippen LogP contribution is 2.35. The lowest BCUT2D eigenvalue weighted by molar-refractivity contribution is 0.0962. The SMILES string of the molecule is CCn1ncc2cc(C)c(Nc3ncc(C(=O)NC)c(N[C@H]4c5ccccc5C[C@H]4O)n3)cc21. The molecular weight excluding hydrogens is 430 g/mol. The Hall–Kier alpha value is -3.98. The highest BCUT2D eigenvalue weighted by Gasteiger charge is 2.32. The van der Waals surface area contributed by atoms with Gasteiger partial charge in [0.2, 0.25) is 5.95 Å². The van der Waals surface area contributed by atoms with E-state index in [1.54, 1.807) is 7.05 Å². The van der Waals surface area contributed by atoms with Gasteiger partial charge >= 0.3 is 0 Å². The molecule has 174 valence electrons. The minimum Gasteiger partial charge on any atom is -0.390 e. The van der Waals surface area contributed by atoms with Crippen LogP contribution in [0.3, 0.4) is 0 Å². The normalized spacial score (nSPS) is 16.9. The number of hydrogen-bond donors (Lipinski definition) is 4. The number of hydrogen-bond acceptors (Lipinski definition) is 7. The molecule has 2 atom stereocenters. The molecule has 0 unspecified atom stereocenters. The molecule has 2 aromatic heterocycles. The minimum absolute atomic E-state index is 0.306. The Bertz CT molecular complexity index is 1380. The number of nitrogens with one attached hydrogen (secondary N) is 3. The van der Waals surface area contributed by atoms with E-state index < -0.39 is 6.10 Å². The van der Waals surface area contributed by atoms with Gasteiger partial charge in [-0.05, 0) is 42.7 Å². The Morgan fingerprint density at radius 1 is 1.24 bits per heavy atom. The van der Waals surface area contributed by atoms with Gasteiger partial charge in [-0.2, -0.15) is 10.1 Å². The van der Waals surface area contributed by atoms with Crippen molar-refractivity contribution in [3.63, 3.8) is 0 Å². The number of aromatic nitrogens is 4. The Kier molecular flexibility index (Phi) is 5.62. The van der Waals surface area contributed by atoms with E-state index in [2.05, 4.69) is 37.1 Å². The van der Waals surface area contributed by atoms with Gasteiger partial charge in [0.15, 0.2) is 0 Å². The van der Waals surface area contributed by atoms with Crippen molar-refractivity contribution in [1.29, 1.82) is 0 Å². The van der Waals surface area contributed by atoms with Crippen LogP contribution < -0.4 is 16.0 Å². The van der Waals surface area contributed by atoms with Crippen molar-refractivity contribution < 1.29 is 9.90 Å². The monoisotopic (exact) mass is 457 g/mol. The third-order valence-electron chi connectivity index (χ3n) is 6.29. The molecule has 5 rings (SSSR count). The van der Waals surface area contributed by atoms with Crippen molar-refractivity contribution in [3.05, 3.63) is 71.0 Å². The second-order valence-corrected chi connectivity index (χ2v) is 8.44. The molecule has 0 spiro atoms. The summed E-state index contributed by atoms with van der Waals surface area (Å²) >= 11 is 0. The third kappa shape index (κ3) is 3.84. The van der Waals surface area contributed by atoms with Crippen LogP contribution in [0.1, 0.15) is 40.0 Å². The number of anilines is 3. The average Bonchev–Trinajstić information content (AvgIpc) is 3.38. The molecule has 1 aliphatic carbocycles. The van der Waals surface area contributed by atoms with Gasteiger partial charge in [0.25, 0.3) is 5.91 Å². The Morgan fingerprint density at radius 3 is 2.85 bits per heavy atom. The quantitative estimate of drug-likeness (QED) is 0.351. The fraction of sp³-hybridized carbons (Fsp3) is 0.280. The molecule has 0 radical (unpaired) electrons. The molecule has 2 heterocycles. The number of aryl methyl sites for hydroxylation is 2. The first-order valence-corrected chi connectivity index (χ1v) is 11.3. The number of rotatable bonds is 6. The van der Waals surface area contributed by atoms with Crippen LogP contribution in [-0.4, -0.2) is 43.9 Å². The lowest BCUT2D eigenvalue weighted by atomic mass is 10.1. The highest BCUT2D eigenvalue weighted by molar-refractivity contribution is 5.98. The molecule has 9 heteroatoms. The fourth-order valence-electron chi connectivity index (χ4n) is 4.50. The summed E-state index contributed by atoms with van der Waals surface area (Å²) in [4.78, 5) is 21.5. The zero-order valence-electron chi connectivity index (χ0n) is 19.3. The molecule has 0 aliphatic heterocycles. The average molecular weight is 458 g/mol. The number of benzene rings is 2. The van der Waals surface area contributed by atoms with E-state index in [0.29, 0.717) is 23.8 Å². The minimum atomic E-state index is -0.625. The predicted octanol–water partition coefficient (Wildman–Crippen LogP) is 3.33. The lowest BCUT2D eigenvalue weighted by Crippen LogP contribution is -2.26. The van der Waals surface area contributed by atoms with Gasteiger partial charge in [-0.25, -0.2) is 4.98 Å². The molecule has 34 heavy (non-hydrogen) atoms. The molecule has 0 saturated heterocycles. The van der Waals surface area contributed by atoms with E-state index in [4.69, 9.17) is 0 Å². The van der Waals surface area contributed by atoms with Gasteiger partial charge in [0.05, 0.1) is 23.9 Å². The Morgan fingerprint density at radius 2 is 2.06 bits per heavy atom. The second-order valence-electron chi connectivity index (χ2n) is 8.44. The van der Waals surface area contributed by atoms with Crippen molar-refractivity contribution in [2.24, 2.45) is 0 Å². The van der Waals surface area contributed by atoms with Gasteiger partial charge in [0.1, 0.15) is 11.4 Å². The predicted molar refractivity (Wildman–Crippen MR) is 131 cm³/mol. The molecular formula is C25H27N7O2. The van der Waals surface area contributed by atoms with Gasteiger partial charge in [-0.15, -0.1) is 0 Å². The summed E-state index contributed by atoms with van der Waals surface area (Å²) in [6.07, 6.45) is 3.27. The van der Waals surface area contributed by atoms with E-state index in [1.807, 2.05) is 55.1 Å². The summed E-state index contributed by atoms with van der Waals surface area (Å²) in [5, 5.41) is 25.4. The van der Waals surface area contributed by atoms with Crippen LogP contribution in [0.4, 0.5) is 17.5 Å². The van der Waals surface area contributed by atoms with Crippen LogP contribution in [-0.2, 0) is 13.0 Å². The summed E-state index contributed by atoms with van der Waals surface area (Å²) < 4.78 is 1.93. The van der Waals surface area contributed by atoms with Crippen LogP contribution >= 0.6 is 0 Å². The number of carbonyl (C=O) groups is 1. The number of amides is 1. The van der Waals surface area contributed by atoms with Gasteiger partial charge < -0.3 is 21.1 Å². The maximum atomic E-state index is 12.5. The molecule has 9 nitrogen and oxygen atoms in total. The standard InChI is InChI=1S/C25H27N7O2/c1-4-32-20-11-19(14(2)9-16(20)12-28-32)29-25-27-13-18(24(34)26-3)23(31-25)30-22-17-8-6-5-7-15(17)10-21(22)33/h5-9,11-13,21-22,33H,4,10H2,1-3H3,(H,26,34)(H2,27,29,30,31)/t21-,22+/m1/s1. The van der Waals surface area contributed by atoms with Crippen molar-refractivity contribution in [2.45, 2.75) is 39.0 Å². The van der Waals surface area contributed by atoms with E-state index in [-0.39, 0.29) is 11.9 Å². The van der Waals surface area contributed by atoms with Crippen LogP contribution in [0, 0.1) is 6.92 Å². The van der Waals surface area contributed by atoms with E-state index >= 15 is 0 Å². The molecule has 1 amide bonds. The smallest absolute Gasteiger partial charge is 0.256 e. The van der Waals surface area contributed by atoms with E-state index in [1.165, 1.54) is 6.20 Å². The second kappa shape index (κ2) is 8.75. The number of nitrogens with zero attached hydrogens (tertiary/aromatic N) is 4. The molecule has 0 bridgehead atoms. The molecule has 2 aromatic carbocycles. The fourth-order valence-corrected chi connectivity index (χ4v) is 4.50. The third-order valence-corrected chi connectivity index (χ3v) is 6.29. The first-order valence-electron chi connectivity index (χ1n) is 11.3. The lowest BCUT2D eigenvalue weighted by Gasteiger charge is -2.21. The van der Waals surface area contributed by atoms with Crippen LogP contribution in [0.2, 0.25) is 0 Å². The highest BCUT2D eigenvalue weighted by atomic mass is 16.3. The number of carbonyl (C=O) groups excluding carboxylic acids is 1. The maximum Gasteiger partial charge on any atom is 0.256 e. The number of aliphatic hydroxyl groups is 1. The van der Waals surface area contributed by atoms with Gasteiger partial charge in [0, 0.05) is 37.3 Å². The molecule has 0 saturated carbocycles. The van der Waals surface area contributed by atoms with Crippen molar-refractivity contribution in [1.82, 2.24) is 25.1 Å². The summed E-state index contributed by atoms with van der Waals surface area (Å²) in [5.74, 6) is 0.398. The topological polar surface area (TPSA) is 117 Å². The number of fused-ring (bicyclic) bond motifs is 2.